The van der Waals surface area contributed by atoms with E-state index in [1.165, 1.54) is 0 Å². The van der Waals surface area contributed by atoms with Crippen LogP contribution in [0.3, 0.4) is 0 Å². The fourth-order valence-electron chi connectivity index (χ4n) is 0.932. The SMILES string of the molecule is CCCC(=N)Nc1n[nH]cc1C.Cl. The van der Waals surface area contributed by atoms with Gasteiger partial charge in [-0.15, -0.1) is 12.4 Å². The molecule has 13 heavy (non-hydrogen) atoms. The topological polar surface area (TPSA) is 64.6 Å². The van der Waals surface area contributed by atoms with Gasteiger partial charge in [-0.2, -0.15) is 5.10 Å². The largest absolute Gasteiger partial charge is 0.327 e. The van der Waals surface area contributed by atoms with E-state index in [-0.39, 0.29) is 12.4 Å². The quantitative estimate of drug-likeness (QED) is 0.520. The second-order valence-electron chi connectivity index (χ2n) is 2.77. The van der Waals surface area contributed by atoms with Crippen molar-refractivity contribution in [1.29, 1.82) is 5.41 Å². The molecular weight excluding hydrogens is 188 g/mol. The van der Waals surface area contributed by atoms with Gasteiger partial charge >= 0.3 is 0 Å². The summed E-state index contributed by atoms with van der Waals surface area (Å²) >= 11 is 0. The Morgan fingerprint density at radius 3 is 2.85 bits per heavy atom. The normalized spacial score (nSPS) is 9.08. The molecule has 1 rings (SSSR count). The molecule has 0 unspecified atom stereocenters. The average molecular weight is 203 g/mol. The summed E-state index contributed by atoms with van der Waals surface area (Å²) in [4.78, 5) is 0. The predicted molar refractivity (Wildman–Crippen MR) is 56.8 cm³/mol. The van der Waals surface area contributed by atoms with E-state index >= 15 is 0 Å². The van der Waals surface area contributed by atoms with Crippen LogP contribution in [0.25, 0.3) is 0 Å². The molecule has 1 heterocycles. The van der Waals surface area contributed by atoms with Crippen molar-refractivity contribution in [2.24, 2.45) is 0 Å². The number of aromatic nitrogens is 2. The highest BCUT2D eigenvalue weighted by Crippen LogP contribution is 2.08. The van der Waals surface area contributed by atoms with Crippen molar-refractivity contribution >= 4 is 24.1 Å². The summed E-state index contributed by atoms with van der Waals surface area (Å²) in [5.74, 6) is 1.28. The van der Waals surface area contributed by atoms with Crippen molar-refractivity contribution < 1.29 is 0 Å². The molecule has 0 aliphatic heterocycles. The van der Waals surface area contributed by atoms with Crippen molar-refractivity contribution in [3.8, 4) is 0 Å². The minimum absolute atomic E-state index is 0. The molecule has 0 saturated carbocycles. The number of H-pyrrole nitrogens is 1. The standard InChI is InChI=1S/C8H14N4.ClH/c1-3-4-7(9)11-8-6(2)5-10-12-8;/h5H,3-4H2,1-2H3,(H3,9,10,11,12);1H. The highest BCUT2D eigenvalue weighted by atomic mass is 35.5. The van der Waals surface area contributed by atoms with E-state index in [2.05, 4.69) is 15.5 Å². The Morgan fingerprint density at radius 2 is 2.38 bits per heavy atom. The van der Waals surface area contributed by atoms with Crippen LogP contribution in [0.1, 0.15) is 25.3 Å². The fourth-order valence-corrected chi connectivity index (χ4v) is 0.932. The summed E-state index contributed by atoms with van der Waals surface area (Å²) in [5.41, 5.74) is 1.04. The van der Waals surface area contributed by atoms with Crippen LogP contribution in [-0.4, -0.2) is 16.0 Å². The van der Waals surface area contributed by atoms with E-state index in [0.29, 0.717) is 5.84 Å². The maximum Gasteiger partial charge on any atom is 0.155 e. The number of aryl methyl sites for hydroxylation is 1. The molecule has 0 amide bonds. The zero-order valence-electron chi connectivity index (χ0n) is 7.85. The van der Waals surface area contributed by atoms with Crippen LogP contribution in [0.4, 0.5) is 5.82 Å². The van der Waals surface area contributed by atoms with E-state index in [1.807, 2.05) is 20.0 Å². The van der Waals surface area contributed by atoms with Crippen LogP contribution in [0.5, 0.6) is 0 Å². The van der Waals surface area contributed by atoms with Crippen molar-refractivity contribution in [3.63, 3.8) is 0 Å². The highest BCUT2D eigenvalue weighted by molar-refractivity contribution is 5.92. The summed E-state index contributed by atoms with van der Waals surface area (Å²) in [6.45, 7) is 4.00. The number of nitrogens with one attached hydrogen (secondary N) is 3. The lowest BCUT2D eigenvalue weighted by Crippen LogP contribution is -2.10. The summed E-state index contributed by atoms with van der Waals surface area (Å²) in [6, 6.07) is 0. The molecule has 74 valence electrons. The van der Waals surface area contributed by atoms with Gasteiger partial charge in [-0.25, -0.2) is 0 Å². The number of nitrogens with zero attached hydrogens (tertiary/aromatic N) is 1. The number of rotatable bonds is 3. The molecule has 0 fully saturated rings. The Labute approximate surface area is 84.0 Å². The number of amidine groups is 1. The van der Waals surface area contributed by atoms with Gasteiger partial charge in [-0.1, -0.05) is 6.92 Å². The molecule has 3 N–H and O–H groups in total. The molecule has 0 aliphatic carbocycles. The monoisotopic (exact) mass is 202 g/mol. The zero-order chi connectivity index (χ0) is 8.97. The molecule has 0 radical (unpaired) electrons. The zero-order valence-corrected chi connectivity index (χ0v) is 8.66. The molecule has 0 saturated heterocycles. The van der Waals surface area contributed by atoms with Crippen LogP contribution in [0.15, 0.2) is 6.20 Å². The number of anilines is 1. The van der Waals surface area contributed by atoms with E-state index in [1.54, 1.807) is 0 Å². The van der Waals surface area contributed by atoms with Crippen LogP contribution in [0.2, 0.25) is 0 Å². The highest BCUT2D eigenvalue weighted by Gasteiger charge is 2.01. The first-order chi connectivity index (χ1) is 5.74. The van der Waals surface area contributed by atoms with Crippen molar-refractivity contribution in [2.45, 2.75) is 26.7 Å². The first-order valence-electron chi connectivity index (χ1n) is 4.09. The van der Waals surface area contributed by atoms with Gasteiger partial charge in [0.25, 0.3) is 0 Å². The minimum Gasteiger partial charge on any atom is -0.327 e. The summed E-state index contributed by atoms with van der Waals surface area (Å²) < 4.78 is 0. The molecule has 4 nitrogen and oxygen atoms in total. The third kappa shape index (κ3) is 3.46. The van der Waals surface area contributed by atoms with Gasteiger partial charge in [0.2, 0.25) is 0 Å². The van der Waals surface area contributed by atoms with Crippen molar-refractivity contribution in [2.75, 3.05) is 5.32 Å². The van der Waals surface area contributed by atoms with E-state index in [4.69, 9.17) is 5.41 Å². The molecule has 0 spiro atoms. The van der Waals surface area contributed by atoms with Gasteiger partial charge in [-0.05, 0) is 13.3 Å². The molecule has 5 heteroatoms. The summed E-state index contributed by atoms with van der Waals surface area (Å²) in [6.07, 6.45) is 3.56. The predicted octanol–water partition coefficient (Wildman–Crippen LogP) is 2.33. The lowest BCUT2D eigenvalue weighted by Gasteiger charge is -2.03. The Bertz CT molecular complexity index is 269. The summed E-state index contributed by atoms with van der Waals surface area (Å²) in [7, 11) is 0. The number of aromatic amines is 1. The summed E-state index contributed by atoms with van der Waals surface area (Å²) in [5, 5.41) is 17.1. The fraction of sp³-hybridized carbons (Fsp3) is 0.500. The molecule has 1 aromatic rings. The second kappa shape index (κ2) is 5.59. The number of hydrogen-bond acceptors (Lipinski definition) is 2. The number of halogens is 1. The van der Waals surface area contributed by atoms with Gasteiger partial charge in [0.05, 0.1) is 5.84 Å². The lowest BCUT2D eigenvalue weighted by atomic mass is 10.3. The van der Waals surface area contributed by atoms with Gasteiger partial charge < -0.3 is 5.32 Å². The molecule has 0 atom stereocenters. The molecular formula is C8H15ClN4. The maximum absolute atomic E-state index is 7.50. The minimum atomic E-state index is 0. The third-order valence-electron chi connectivity index (χ3n) is 1.60. The first-order valence-corrected chi connectivity index (χ1v) is 4.09. The van der Waals surface area contributed by atoms with E-state index < -0.39 is 0 Å². The van der Waals surface area contributed by atoms with Gasteiger partial charge in [0.15, 0.2) is 5.82 Å². The molecule has 0 aliphatic rings. The van der Waals surface area contributed by atoms with Crippen molar-refractivity contribution in [3.05, 3.63) is 11.8 Å². The van der Waals surface area contributed by atoms with Gasteiger partial charge in [0, 0.05) is 18.2 Å². The van der Waals surface area contributed by atoms with Crippen LogP contribution < -0.4 is 5.32 Å². The average Bonchev–Trinajstić information content (AvgIpc) is 2.37. The van der Waals surface area contributed by atoms with E-state index in [0.717, 1.165) is 24.2 Å². The lowest BCUT2D eigenvalue weighted by molar-refractivity contribution is 0.979. The molecule has 0 aromatic carbocycles. The Hall–Kier alpha value is -1.03. The molecule has 0 bridgehead atoms. The Balaban J connectivity index is 0.00000144. The van der Waals surface area contributed by atoms with Crippen LogP contribution in [0, 0.1) is 12.3 Å². The Morgan fingerprint density at radius 1 is 1.69 bits per heavy atom. The third-order valence-corrected chi connectivity index (χ3v) is 1.60. The van der Waals surface area contributed by atoms with E-state index in [9.17, 15) is 0 Å². The Kier molecular flexibility index (Phi) is 5.14. The number of hydrogen-bond donors (Lipinski definition) is 3. The van der Waals surface area contributed by atoms with Gasteiger partial charge in [-0.3, -0.25) is 10.5 Å². The van der Waals surface area contributed by atoms with Crippen LogP contribution >= 0.6 is 12.4 Å². The second-order valence-corrected chi connectivity index (χ2v) is 2.77. The molecule has 1 aromatic heterocycles. The van der Waals surface area contributed by atoms with Gasteiger partial charge in [0.1, 0.15) is 0 Å². The first kappa shape index (κ1) is 12.0. The maximum atomic E-state index is 7.50. The smallest absolute Gasteiger partial charge is 0.155 e. The van der Waals surface area contributed by atoms with Crippen molar-refractivity contribution in [1.82, 2.24) is 10.2 Å². The van der Waals surface area contributed by atoms with Crippen LogP contribution in [-0.2, 0) is 0 Å².